The van der Waals surface area contributed by atoms with E-state index in [9.17, 15) is 9.90 Å². The number of benzene rings is 1. The van der Waals surface area contributed by atoms with Crippen LogP contribution in [0.1, 0.15) is 32.8 Å². The third-order valence-corrected chi connectivity index (χ3v) is 3.06. The minimum absolute atomic E-state index is 0.183. The van der Waals surface area contributed by atoms with Crippen molar-refractivity contribution in [3.8, 4) is 0 Å². The zero-order valence-corrected chi connectivity index (χ0v) is 12.2. The molecule has 0 bridgehead atoms. The summed E-state index contributed by atoms with van der Waals surface area (Å²) in [4.78, 5) is 11.2. The van der Waals surface area contributed by atoms with Gasteiger partial charge < -0.3 is 15.6 Å². The number of ether oxygens (including phenoxy) is 1. The number of aliphatic hydroxyl groups excluding tert-OH is 1. The third kappa shape index (κ3) is 4.11. The van der Waals surface area contributed by atoms with Gasteiger partial charge >= 0.3 is 6.09 Å². The SMILES string of the molecule is CC(C)(C)C[C@@](CO)(OC(N)=O)c1ccccc1Cl. The van der Waals surface area contributed by atoms with Crippen LogP contribution in [0.25, 0.3) is 0 Å². The molecule has 5 heteroatoms. The highest BCUT2D eigenvalue weighted by molar-refractivity contribution is 6.31. The molecule has 4 nitrogen and oxygen atoms in total. The predicted octanol–water partition coefficient (Wildman–Crippen LogP) is 3.06. The maximum absolute atomic E-state index is 11.2. The number of nitrogens with two attached hydrogens (primary N) is 1. The van der Waals surface area contributed by atoms with Crippen molar-refractivity contribution in [1.82, 2.24) is 0 Å². The van der Waals surface area contributed by atoms with Gasteiger partial charge in [0.25, 0.3) is 0 Å². The van der Waals surface area contributed by atoms with Gasteiger partial charge in [-0.05, 0) is 17.9 Å². The number of hydrogen-bond donors (Lipinski definition) is 2. The maximum atomic E-state index is 11.2. The summed E-state index contributed by atoms with van der Waals surface area (Å²) in [7, 11) is 0. The van der Waals surface area contributed by atoms with E-state index in [0.29, 0.717) is 17.0 Å². The normalized spacial score (nSPS) is 14.8. The van der Waals surface area contributed by atoms with Gasteiger partial charge in [-0.3, -0.25) is 0 Å². The van der Waals surface area contributed by atoms with Gasteiger partial charge in [0, 0.05) is 10.6 Å². The molecule has 1 atom stereocenters. The van der Waals surface area contributed by atoms with Gasteiger partial charge in [0.15, 0.2) is 5.60 Å². The Balaban J connectivity index is 3.32. The Hall–Kier alpha value is -1.26. The van der Waals surface area contributed by atoms with Crippen LogP contribution >= 0.6 is 11.6 Å². The second kappa shape index (κ2) is 5.80. The van der Waals surface area contributed by atoms with Gasteiger partial charge in [0.1, 0.15) is 0 Å². The van der Waals surface area contributed by atoms with Crippen molar-refractivity contribution in [2.24, 2.45) is 11.1 Å². The van der Waals surface area contributed by atoms with E-state index in [-0.39, 0.29) is 12.0 Å². The Morgan fingerprint density at radius 2 is 1.95 bits per heavy atom. The number of hydrogen-bond acceptors (Lipinski definition) is 3. The number of primary amides is 1. The number of carbonyl (C=O) groups excluding carboxylic acids is 1. The maximum Gasteiger partial charge on any atom is 0.405 e. The summed E-state index contributed by atoms with van der Waals surface area (Å²) in [5.41, 5.74) is 4.30. The first-order chi connectivity index (χ1) is 8.70. The summed E-state index contributed by atoms with van der Waals surface area (Å²) >= 11 is 6.16. The van der Waals surface area contributed by atoms with Crippen molar-refractivity contribution < 1.29 is 14.6 Å². The quantitative estimate of drug-likeness (QED) is 0.893. The second-order valence-electron chi connectivity index (χ2n) is 5.79. The van der Waals surface area contributed by atoms with E-state index >= 15 is 0 Å². The van der Waals surface area contributed by atoms with Crippen LogP contribution in [0, 0.1) is 5.41 Å². The molecule has 0 saturated heterocycles. The fourth-order valence-electron chi connectivity index (χ4n) is 2.24. The molecule has 0 radical (unpaired) electrons. The average molecular weight is 286 g/mol. The topological polar surface area (TPSA) is 72.6 Å². The number of rotatable bonds is 4. The van der Waals surface area contributed by atoms with Crippen LogP contribution in [-0.2, 0) is 10.3 Å². The third-order valence-electron chi connectivity index (χ3n) is 2.73. The van der Waals surface area contributed by atoms with Crippen LogP contribution < -0.4 is 5.73 Å². The molecule has 0 spiro atoms. The molecule has 106 valence electrons. The van der Waals surface area contributed by atoms with Crippen molar-refractivity contribution in [1.29, 1.82) is 0 Å². The first-order valence-electron chi connectivity index (χ1n) is 6.04. The Morgan fingerprint density at radius 1 is 1.37 bits per heavy atom. The molecule has 0 aliphatic carbocycles. The van der Waals surface area contributed by atoms with E-state index in [2.05, 4.69) is 0 Å². The van der Waals surface area contributed by atoms with Crippen LogP contribution in [0.3, 0.4) is 0 Å². The molecule has 0 aliphatic heterocycles. The molecule has 0 saturated carbocycles. The summed E-state index contributed by atoms with van der Waals surface area (Å²) in [6.45, 7) is 5.58. The van der Waals surface area contributed by atoms with Crippen molar-refractivity contribution >= 4 is 17.7 Å². The fraction of sp³-hybridized carbons (Fsp3) is 0.500. The summed E-state index contributed by atoms with van der Waals surface area (Å²) in [5, 5.41) is 10.2. The van der Waals surface area contributed by atoms with E-state index in [1.165, 1.54) is 0 Å². The van der Waals surface area contributed by atoms with Gasteiger partial charge in [-0.15, -0.1) is 0 Å². The summed E-state index contributed by atoms with van der Waals surface area (Å²) in [6.07, 6.45) is -0.526. The standard InChI is InChI=1S/C14H20ClNO3/c1-13(2,3)8-14(9-17,19-12(16)18)10-6-4-5-7-11(10)15/h4-7,17H,8-9H2,1-3H3,(H2,16,18)/t14-/m0/s1. The molecule has 19 heavy (non-hydrogen) atoms. The van der Waals surface area contributed by atoms with E-state index in [0.717, 1.165) is 0 Å². The van der Waals surface area contributed by atoms with Gasteiger partial charge in [0.2, 0.25) is 0 Å². The van der Waals surface area contributed by atoms with Gasteiger partial charge in [-0.2, -0.15) is 0 Å². The summed E-state index contributed by atoms with van der Waals surface area (Å²) in [6, 6.07) is 6.97. The van der Waals surface area contributed by atoms with Crippen molar-refractivity contribution in [2.75, 3.05) is 6.61 Å². The number of carbonyl (C=O) groups is 1. The van der Waals surface area contributed by atoms with Crippen molar-refractivity contribution in [2.45, 2.75) is 32.8 Å². The summed E-state index contributed by atoms with van der Waals surface area (Å²) < 4.78 is 5.23. The lowest BCUT2D eigenvalue weighted by molar-refractivity contribution is -0.0564. The number of aliphatic hydroxyl groups is 1. The Kier molecular flexibility index (Phi) is 4.82. The lowest BCUT2D eigenvalue weighted by atomic mass is 9.78. The molecular weight excluding hydrogens is 266 g/mol. The number of halogens is 1. The minimum atomic E-state index is -1.22. The lowest BCUT2D eigenvalue weighted by Gasteiger charge is -2.37. The molecule has 0 aliphatic rings. The average Bonchev–Trinajstić information content (AvgIpc) is 2.26. The molecule has 1 rings (SSSR count). The first kappa shape index (κ1) is 15.8. The predicted molar refractivity (Wildman–Crippen MR) is 75.0 cm³/mol. The largest absolute Gasteiger partial charge is 0.436 e. The molecule has 1 aromatic carbocycles. The second-order valence-corrected chi connectivity index (χ2v) is 6.20. The molecule has 3 N–H and O–H groups in total. The Bertz CT molecular complexity index is 456. The highest BCUT2D eigenvalue weighted by Crippen LogP contribution is 2.40. The van der Waals surface area contributed by atoms with E-state index in [1.807, 2.05) is 20.8 Å². The molecule has 0 heterocycles. The Morgan fingerprint density at radius 3 is 2.37 bits per heavy atom. The van der Waals surface area contributed by atoms with Gasteiger partial charge in [0.05, 0.1) is 6.61 Å². The molecule has 1 amide bonds. The van der Waals surface area contributed by atoms with Crippen LogP contribution in [0.4, 0.5) is 4.79 Å². The molecular formula is C14H20ClNO3. The monoisotopic (exact) mass is 285 g/mol. The highest BCUT2D eigenvalue weighted by Gasteiger charge is 2.40. The minimum Gasteiger partial charge on any atom is -0.436 e. The number of amides is 1. The Labute approximate surface area is 118 Å². The zero-order chi connectivity index (χ0) is 14.7. The molecule has 1 aromatic rings. The van der Waals surface area contributed by atoms with Crippen LogP contribution in [0.5, 0.6) is 0 Å². The zero-order valence-electron chi connectivity index (χ0n) is 11.4. The van der Waals surface area contributed by atoms with E-state index < -0.39 is 11.7 Å². The van der Waals surface area contributed by atoms with Crippen molar-refractivity contribution in [3.05, 3.63) is 34.9 Å². The molecule has 0 unspecified atom stereocenters. The van der Waals surface area contributed by atoms with Crippen molar-refractivity contribution in [3.63, 3.8) is 0 Å². The van der Waals surface area contributed by atoms with E-state index in [1.54, 1.807) is 24.3 Å². The van der Waals surface area contributed by atoms with Gasteiger partial charge in [-0.1, -0.05) is 50.6 Å². The smallest absolute Gasteiger partial charge is 0.405 e. The van der Waals surface area contributed by atoms with Crippen LogP contribution in [-0.4, -0.2) is 17.8 Å². The van der Waals surface area contributed by atoms with Crippen LogP contribution in [0.15, 0.2) is 24.3 Å². The highest BCUT2D eigenvalue weighted by atomic mass is 35.5. The first-order valence-corrected chi connectivity index (χ1v) is 6.42. The molecule has 0 fully saturated rings. The van der Waals surface area contributed by atoms with Gasteiger partial charge in [-0.25, -0.2) is 4.79 Å². The van der Waals surface area contributed by atoms with E-state index in [4.69, 9.17) is 22.1 Å². The fourth-order valence-corrected chi connectivity index (χ4v) is 2.55. The molecule has 0 aromatic heterocycles. The lowest BCUT2D eigenvalue weighted by Crippen LogP contribution is -2.41. The summed E-state index contributed by atoms with van der Waals surface area (Å²) in [5.74, 6) is 0. The van der Waals surface area contributed by atoms with Crippen LogP contribution in [0.2, 0.25) is 5.02 Å².